The van der Waals surface area contributed by atoms with Gasteiger partial charge >= 0.3 is 0 Å². The van der Waals surface area contributed by atoms with Gasteiger partial charge in [-0.05, 0) is 73.2 Å². The molecule has 0 fully saturated rings. The molecule has 0 aliphatic carbocycles. The van der Waals surface area contributed by atoms with Crippen LogP contribution in [0.5, 0.6) is 5.75 Å². The molecule has 0 unspecified atom stereocenters. The highest BCUT2D eigenvalue weighted by molar-refractivity contribution is 6.03. The van der Waals surface area contributed by atoms with E-state index in [2.05, 4.69) is 15.6 Å². The van der Waals surface area contributed by atoms with Crippen LogP contribution in [0.15, 0.2) is 54.6 Å². The maximum atomic E-state index is 13.5. The minimum Gasteiger partial charge on any atom is -0.508 e. The van der Waals surface area contributed by atoms with Crippen molar-refractivity contribution in [2.24, 2.45) is 0 Å². The van der Waals surface area contributed by atoms with E-state index in [4.69, 9.17) is 0 Å². The minimum atomic E-state index is -0.0729. The Balaban J connectivity index is 2.02. The van der Waals surface area contributed by atoms with Crippen molar-refractivity contribution in [3.05, 3.63) is 60.2 Å². The number of carbonyl (C=O) groups excluding carboxylic acids is 1. The Hall–Kier alpha value is -3.09. The van der Waals surface area contributed by atoms with Crippen LogP contribution in [0.1, 0.15) is 23.7 Å². The molecule has 0 aromatic heterocycles. The molecule has 0 saturated carbocycles. The molecule has 0 aliphatic heterocycles. The summed E-state index contributed by atoms with van der Waals surface area (Å²) < 4.78 is 0. The second-order valence-electron chi connectivity index (χ2n) is 7.85. The number of anilines is 1. The van der Waals surface area contributed by atoms with Gasteiger partial charge in [0, 0.05) is 25.8 Å². The summed E-state index contributed by atoms with van der Waals surface area (Å²) in [6, 6.07) is 17.3. The Morgan fingerprint density at radius 2 is 1.81 bits per heavy atom. The molecule has 0 aliphatic rings. The first-order valence-electron chi connectivity index (χ1n) is 10.7. The fourth-order valence-corrected chi connectivity index (χ4v) is 3.77. The minimum absolute atomic E-state index is 0.0729. The predicted octanol–water partition coefficient (Wildman–Crippen LogP) is 4.17. The lowest BCUT2D eigenvalue weighted by Crippen LogP contribution is -2.44. The predicted molar refractivity (Wildman–Crippen MR) is 128 cm³/mol. The van der Waals surface area contributed by atoms with Gasteiger partial charge < -0.3 is 15.3 Å². The molecule has 3 rings (SSSR count). The molecule has 0 atom stereocenters. The Bertz CT molecular complexity index is 1050. The number of hydrazine groups is 1. The summed E-state index contributed by atoms with van der Waals surface area (Å²) in [5.41, 5.74) is 6.36. The van der Waals surface area contributed by atoms with Crippen molar-refractivity contribution in [3.63, 3.8) is 0 Å². The van der Waals surface area contributed by atoms with Crippen LogP contribution in [-0.2, 0) is 0 Å². The van der Waals surface area contributed by atoms with Gasteiger partial charge in [-0.1, -0.05) is 37.3 Å². The van der Waals surface area contributed by atoms with Crippen molar-refractivity contribution in [3.8, 4) is 16.9 Å². The van der Waals surface area contributed by atoms with Gasteiger partial charge in [-0.15, -0.1) is 0 Å². The summed E-state index contributed by atoms with van der Waals surface area (Å²) in [5.74, 6) is 0.133. The highest BCUT2D eigenvalue weighted by Gasteiger charge is 2.20. The lowest BCUT2D eigenvalue weighted by atomic mass is 9.95. The Morgan fingerprint density at radius 3 is 2.52 bits per heavy atom. The smallest absolute Gasteiger partial charge is 0.270 e. The van der Waals surface area contributed by atoms with Crippen LogP contribution in [0.4, 0.5) is 5.69 Å². The van der Waals surface area contributed by atoms with E-state index in [1.165, 1.54) is 0 Å². The summed E-state index contributed by atoms with van der Waals surface area (Å²) in [6.45, 7) is 4.18. The third-order valence-corrected chi connectivity index (χ3v) is 5.26. The van der Waals surface area contributed by atoms with E-state index >= 15 is 0 Å². The normalized spacial score (nSPS) is 11.1. The van der Waals surface area contributed by atoms with Crippen molar-refractivity contribution in [1.29, 1.82) is 0 Å². The number of phenolic OH excluding ortho intramolecular Hbond substituents is 1. The summed E-state index contributed by atoms with van der Waals surface area (Å²) in [6.07, 6.45) is 0.873. The van der Waals surface area contributed by atoms with Crippen LogP contribution in [0.3, 0.4) is 0 Å². The fraction of sp³-hybridized carbons (Fsp3) is 0.320. The van der Waals surface area contributed by atoms with Gasteiger partial charge in [0.1, 0.15) is 5.75 Å². The van der Waals surface area contributed by atoms with Gasteiger partial charge in [0.15, 0.2) is 0 Å². The SMILES string of the molecule is CCNN(CCCN(C)C)C(=O)c1cc(-c2cc(O)cc3ccccc23)ccc1NC. The number of nitrogens with zero attached hydrogens (tertiary/aromatic N) is 2. The van der Waals surface area contributed by atoms with E-state index in [1.807, 2.05) is 70.5 Å². The molecule has 6 heteroatoms. The number of fused-ring (bicyclic) bond motifs is 1. The molecule has 164 valence electrons. The van der Waals surface area contributed by atoms with Crippen LogP contribution < -0.4 is 10.7 Å². The third kappa shape index (κ3) is 5.34. The highest BCUT2D eigenvalue weighted by Crippen LogP contribution is 2.34. The zero-order valence-corrected chi connectivity index (χ0v) is 18.8. The van der Waals surface area contributed by atoms with E-state index in [9.17, 15) is 9.90 Å². The molecule has 0 heterocycles. The summed E-state index contributed by atoms with van der Waals surface area (Å²) >= 11 is 0. The second-order valence-corrected chi connectivity index (χ2v) is 7.85. The van der Waals surface area contributed by atoms with Gasteiger partial charge in [-0.3, -0.25) is 9.80 Å². The Morgan fingerprint density at radius 1 is 1.03 bits per heavy atom. The number of phenols is 1. The quantitative estimate of drug-likeness (QED) is 0.453. The summed E-state index contributed by atoms with van der Waals surface area (Å²) in [4.78, 5) is 15.6. The molecule has 0 spiro atoms. The number of aromatic hydroxyl groups is 1. The first-order valence-corrected chi connectivity index (χ1v) is 10.7. The molecule has 3 aromatic carbocycles. The van der Waals surface area contributed by atoms with Crippen molar-refractivity contribution >= 4 is 22.4 Å². The average molecular weight is 421 g/mol. The Labute approximate surface area is 184 Å². The van der Waals surface area contributed by atoms with Gasteiger partial charge in [-0.2, -0.15) is 0 Å². The maximum absolute atomic E-state index is 13.5. The van der Waals surface area contributed by atoms with Gasteiger partial charge in [-0.25, -0.2) is 5.43 Å². The molecule has 0 radical (unpaired) electrons. The van der Waals surface area contributed by atoms with Crippen molar-refractivity contribution in [2.45, 2.75) is 13.3 Å². The molecule has 0 saturated heterocycles. The standard InChI is InChI=1S/C25H32N4O2/c1-5-27-29(14-8-13-28(3)4)25(31)23-16-19(11-12-24(23)26-2)22-17-20(30)15-18-9-6-7-10-21(18)22/h6-7,9-12,15-17,26-27,30H,5,8,13-14H2,1-4H3. The number of benzene rings is 3. The molecule has 6 nitrogen and oxygen atoms in total. The molecule has 0 bridgehead atoms. The maximum Gasteiger partial charge on any atom is 0.270 e. The van der Waals surface area contributed by atoms with Crippen molar-refractivity contribution < 1.29 is 9.90 Å². The summed E-state index contributed by atoms with van der Waals surface area (Å²) in [5, 5.41) is 17.1. The zero-order valence-electron chi connectivity index (χ0n) is 18.8. The fourth-order valence-electron chi connectivity index (χ4n) is 3.77. The van der Waals surface area contributed by atoms with Gasteiger partial charge in [0.05, 0.1) is 5.56 Å². The highest BCUT2D eigenvalue weighted by atomic mass is 16.3. The number of carbonyl (C=O) groups is 1. The van der Waals surface area contributed by atoms with Crippen LogP contribution in [0.25, 0.3) is 21.9 Å². The number of hydrogen-bond acceptors (Lipinski definition) is 5. The van der Waals surface area contributed by atoms with E-state index in [0.717, 1.165) is 40.6 Å². The van der Waals surface area contributed by atoms with Crippen LogP contribution in [0.2, 0.25) is 0 Å². The number of amides is 1. The monoisotopic (exact) mass is 420 g/mol. The first-order chi connectivity index (χ1) is 14.9. The summed E-state index contributed by atoms with van der Waals surface area (Å²) in [7, 11) is 5.88. The topological polar surface area (TPSA) is 67.8 Å². The van der Waals surface area contributed by atoms with Crippen molar-refractivity contribution in [1.82, 2.24) is 15.3 Å². The third-order valence-electron chi connectivity index (χ3n) is 5.26. The van der Waals surface area contributed by atoms with E-state index in [0.29, 0.717) is 18.7 Å². The van der Waals surface area contributed by atoms with E-state index in [-0.39, 0.29) is 11.7 Å². The number of rotatable bonds is 9. The average Bonchev–Trinajstić information content (AvgIpc) is 2.76. The van der Waals surface area contributed by atoms with E-state index in [1.54, 1.807) is 17.1 Å². The van der Waals surface area contributed by atoms with Gasteiger partial charge in [0.2, 0.25) is 0 Å². The van der Waals surface area contributed by atoms with Crippen LogP contribution in [0, 0.1) is 0 Å². The molecule has 31 heavy (non-hydrogen) atoms. The number of nitrogens with one attached hydrogen (secondary N) is 2. The van der Waals surface area contributed by atoms with Crippen LogP contribution in [-0.4, -0.2) is 61.7 Å². The molecule has 3 aromatic rings. The van der Waals surface area contributed by atoms with E-state index < -0.39 is 0 Å². The lowest BCUT2D eigenvalue weighted by Gasteiger charge is -2.25. The largest absolute Gasteiger partial charge is 0.508 e. The van der Waals surface area contributed by atoms with Gasteiger partial charge in [0.25, 0.3) is 5.91 Å². The molecule has 3 N–H and O–H groups in total. The first kappa shape index (κ1) is 22.6. The number of hydrogen-bond donors (Lipinski definition) is 3. The lowest BCUT2D eigenvalue weighted by molar-refractivity contribution is 0.0657. The zero-order chi connectivity index (χ0) is 22.4. The molecule has 1 amide bonds. The Kier molecular flexibility index (Phi) is 7.50. The molecular formula is C25H32N4O2. The second kappa shape index (κ2) is 10.3. The van der Waals surface area contributed by atoms with Crippen molar-refractivity contribution in [2.75, 3.05) is 46.1 Å². The van der Waals surface area contributed by atoms with Crippen LogP contribution >= 0.6 is 0 Å². The molecular weight excluding hydrogens is 388 g/mol.